The number of nitrogens with two attached hydrogens (primary N) is 1. The lowest BCUT2D eigenvalue weighted by atomic mass is 10.1. The van der Waals surface area contributed by atoms with E-state index < -0.39 is 5.97 Å². The van der Waals surface area contributed by atoms with Gasteiger partial charge in [0.25, 0.3) is 0 Å². The fourth-order valence-corrected chi connectivity index (χ4v) is 1.17. The summed E-state index contributed by atoms with van der Waals surface area (Å²) in [4.78, 5) is 10.3. The third kappa shape index (κ3) is 2.45. The second-order valence-electron chi connectivity index (χ2n) is 2.69. The minimum Gasteiger partial charge on any atom is -0.481 e. The van der Waals surface area contributed by atoms with Crippen molar-refractivity contribution in [2.75, 3.05) is 19.6 Å². The smallest absolute Gasteiger partial charge is 0.305 e. The molecule has 1 atom stereocenters. The first-order valence-corrected chi connectivity index (χ1v) is 3.64. The van der Waals surface area contributed by atoms with Crippen molar-refractivity contribution in [3.05, 3.63) is 0 Å². The molecular formula is C6H13N3O2. The third-order valence-corrected chi connectivity index (χ3v) is 1.81. The van der Waals surface area contributed by atoms with Crippen LogP contribution in [0.5, 0.6) is 0 Å². The molecular weight excluding hydrogens is 146 g/mol. The highest BCUT2D eigenvalue weighted by Gasteiger charge is 2.21. The summed E-state index contributed by atoms with van der Waals surface area (Å²) >= 11 is 0. The minimum absolute atomic E-state index is 0.0544. The summed E-state index contributed by atoms with van der Waals surface area (Å²) in [5.74, 6) is 4.76. The number of aliphatic carboxylic acids is 1. The van der Waals surface area contributed by atoms with Gasteiger partial charge in [-0.25, -0.2) is 5.01 Å². The maximum absolute atomic E-state index is 10.3. The summed E-state index contributed by atoms with van der Waals surface area (Å²) in [7, 11) is 0. The molecule has 0 saturated carbocycles. The Morgan fingerprint density at radius 1 is 1.82 bits per heavy atom. The van der Waals surface area contributed by atoms with Gasteiger partial charge in [0, 0.05) is 25.7 Å². The SMILES string of the molecule is NN1CCNCC1CC(=O)O. The van der Waals surface area contributed by atoms with Crippen molar-refractivity contribution in [2.24, 2.45) is 5.84 Å². The molecule has 1 unspecified atom stereocenters. The standard InChI is InChI=1S/C6H13N3O2/c7-9-2-1-8-4-5(9)3-6(10)11/h5,8H,1-4,7H2,(H,10,11). The third-order valence-electron chi connectivity index (χ3n) is 1.81. The Hall–Kier alpha value is -0.650. The first kappa shape index (κ1) is 8.45. The van der Waals surface area contributed by atoms with Gasteiger partial charge >= 0.3 is 5.97 Å². The van der Waals surface area contributed by atoms with Gasteiger partial charge in [-0.3, -0.25) is 10.6 Å². The van der Waals surface area contributed by atoms with Crippen molar-refractivity contribution in [2.45, 2.75) is 12.5 Å². The summed E-state index contributed by atoms with van der Waals surface area (Å²) in [5, 5.41) is 13.1. The monoisotopic (exact) mass is 159 g/mol. The molecule has 64 valence electrons. The second-order valence-corrected chi connectivity index (χ2v) is 2.69. The van der Waals surface area contributed by atoms with Crippen LogP contribution in [-0.4, -0.2) is 41.8 Å². The van der Waals surface area contributed by atoms with Crippen LogP contribution in [0.1, 0.15) is 6.42 Å². The van der Waals surface area contributed by atoms with E-state index in [1.54, 1.807) is 5.01 Å². The van der Waals surface area contributed by atoms with Crippen molar-refractivity contribution in [1.82, 2.24) is 10.3 Å². The first-order valence-electron chi connectivity index (χ1n) is 3.64. The van der Waals surface area contributed by atoms with Crippen LogP contribution in [0.3, 0.4) is 0 Å². The average molecular weight is 159 g/mol. The largest absolute Gasteiger partial charge is 0.481 e. The van der Waals surface area contributed by atoms with Crippen LogP contribution < -0.4 is 11.2 Å². The summed E-state index contributed by atoms with van der Waals surface area (Å²) in [6.07, 6.45) is 0.115. The van der Waals surface area contributed by atoms with Gasteiger partial charge in [0.2, 0.25) is 0 Å². The van der Waals surface area contributed by atoms with Crippen LogP contribution in [-0.2, 0) is 4.79 Å². The van der Waals surface area contributed by atoms with E-state index in [-0.39, 0.29) is 12.5 Å². The molecule has 0 bridgehead atoms. The average Bonchev–Trinajstić information content (AvgIpc) is 1.93. The van der Waals surface area contributed by atoms with E-state index in [1.807, 2.05) is 0 Å². The van der Waals surface area contributed by atoms with Crippen LogP contribution in [0.2, 0.25) is 0 Å². The fourth-order valence-electron chi connectivity index (χ4n) is 1.17. The molecule has 0 radical (unpaired) electrons. The molecule has 0 aliphatic carbocycles. The van der Waals surface area contributed by atoms with Gasteiger partial charge in [0.1, 0.15) is 0 Å². The Balaban J connectivity index is 2.35. The molecule has 4 N–H and O–H groups in total. The van der Waals surface area contributed by atoms with Crippen LogP contribution in [0.15, 0.2) is 0 Å². The van der Waals surface area contributed by atoms with Crippen LogP contribution in [0.4, 0.5) is 0 Å². The zero-order valence-electron chi connectivity index (χ0n) is 6.29. The minimum atomic E-state index is -0.797. The highest BCUT2D eigenvalue weighted by atomic mass is 16.4. The first-order chi connectivity index (χ1) is 5.20. The molecule has 5 nitrogen and oxygen atoms in total. The molecule has 0 amide bonds. The molecule has 0 aromatic rings. The maximum atomic E-state index is 10.3. The number of hydrogen-bond donors (Lipinski definition) is 3. The van der Waals surface area contributed by atoms with E-state index in [9.17, 15) is 4.79 Å². The Bertz CT molecular complexity index is 151. The number of nitrogens with zero attached hydrogens (tertiary/aromatic N) is 1. The van der Waals surface area contributed by atoms with E-state index >= 15 is 0 Å². The van der Waals surface area contributed by atoms with Gasteiger partial charge in [-0.15, -0.1) is 0 Å². The highest BCUT2D eigenvalue weighted by molar-refractivity contribution is 5.67. The Labute approximate surface area is 65.1 Å². The topological polar surface area (TPSA) is 78.6 Å². The molecule has 1 saturated heterocycles. The molecule has 1 rings (SSSR count). The molecule has 0 spiro atoms. The lowest BCUT2D eigenvalue weighted by Crippen LogP contribution is -2.55. The summed E-state index contributed by atoms with van der Waals surface area (Å²) in [6, 6.07) is -0.0544. The number of nitrogens with one attached hydrogen (secondary N) is 1. The van der Waals surface area contributed by atoms with E-state index in [2.05, 4.69) is 5.32 Å². The lowest BCUT2D eigenvalue weighted by molar-refractivity contribution is -0.138. The van der Waals surface area contributed by atoms with Crippen molar-refractivity contribution < 1.29 is 9.90 Å². The number of carboxylic acids is 1. The Morgan fingerprint density at radius 3 is 3.09 bits per heavy atom. The van der Waals surface area contributed by atoms with Gasteiger partial charge in [0.05, 0.1) is 6.42 Å². The van der Waals surface area contributed by atoms with Crippen LogP contribution >= 0.6 is 0 Å². The number of rotatable bonds is 2. The second kappa shape index (κ2) is 3.66. The Morgan fingerprint density at radius 2 is 2.55 bits per heavy atom. The van der Waals surface area contributed by atoms with Gasteiger partial charge < -0.3 is 10.4 Å². The summed E-state index contributed by atoms with van der Waals surface area (Å²) in [5.41, 5.74) is 0. The van der Waals surface area contributed by atoms with E-state index in [4.69, 9.17) is 10.9 Å². The van der Waals surface area contributed by atoms with E-state index in [0.29, 0.717) is 6.54 Å². The lowest BCUT2D eigenvalue weighted by Gasteiger charge is -2.31. The molecule has 0 aromatic carbocycles. The molecule has 0 aromatic heterocycles. The molecule has 11 heavy (non-hydrogen) atoms. The van der Waals surface area contributed by atoms with Crippen molar-refractivity contribution in [1.29, 1.82) is 0 Å². The van der Waals surface area contributed by atoms with Crippen LogP contribution in [0.25, 0.3) is 0 Å². The number of carbonyl (C=O) groups is 1. The maximum Gasteiger partial charge on any atom is 0.305 e. The van der Waals surface area contributed by atoms with Crippen LogP contribution in [0, 0.1) is 0 Å². The zero-order valence-corrected chi connectivity index (χ0v) is 6.29. The number of hydrazine groups is 1. The Kier molecular flexibility index (Phi) is 2.81. The van der Waals surface area contributed by atoms with Gasteiger partial charge in [-0.2, -0.15) is 0 Å². The highest BCUT2D eigenvalue weighted by Crippen LogP contribution is 2.01. The number of carboxylic acid groups (broad SMARTS) is 1. The molecule has 1 aliphatic rings. The predicted octanol–water partition coefficient (Wildman–Crippen LogP) is -1.39. The van der Waals surface area contributed by atoms with E-state index in [1.165, 1.54) is 0 Å². The van der Waals surface area contributed by atoms with Crippen molar-refractivity contribution >= 4 is 5.97 Å². The summed E-state index contributed by atoms with van der Waals surface area (Å²) < 4.78 is 0. The zero-order chi connectivity index (χ0) is 8.27. The number of hydrogen-bond acceptors (Lipinski definition) is 4. The number of piperazine rings is 1. The fraction of sp³-hybridized carbons (Fsp3) is 0.833. The van der Waals surface area contributed by atoms with Gasteiger partial charge in [-0.1, -0.05) is 0 Å². The predicted molar refractivity (Wildman–Crippen MR) is 39.8 cm³/mol. The molecule has 5 heteroatoms. The van der Waals surface area contributed by atoms with Crippen molar-refractivity contribution in [3.8, 4) is 0 Å². The molecule has 1 aliphatic heterocycles. The van der Waals surface area contributed by atoms with Gasteiger partial charge in [0.15, 0.2) is 0 Å². The molecule has 1 heterocycles. The summed E-state index contributed by atoms with van der Waals surface area (Å²) in [6.45, 7) is 2.23. The van der Waals surface area contributed by atoms with E-state index in [0.717, 1.165) is 13.1 Å². The van der Waals surface area contributed by atoms with Gasteiger partial charge in [-0.05, 0) is 0 Å². The molecule has 1 fully saturated rings. The normalized spacial score (nSPS) is 26.8. The van der Waals surface area contributed by atoms with Crippen molar-refractivity contribution in [3.63, 3.8) is 0 Å². The quantitative estimate of drug-likeness (QED) is 0.432.